The molecular formula is C26H37NSi2. The van der Waals surface area contributed by atoms with E-state index in [4.69, 9.17) is 0 Å². The van der Waals surface area contributed by atoms with Crippen LogP contribution in [0.15, 0.2) is 84.1 Å². The van der Waals surface area contributed by atoms with Crippen molar-refractivity contribution in [1.29, 1.82) is 0 Å². The van der Waals surface area contributed by atoms with Crippen molar-refractivity contribution < 1.29 is 0 Å². The summed E-state index contributed by atoms with van der Waals surface area (Å²) < 4.78 is 2.97. The van der Waals surface area contributed by atoms with Crippen LogP contribution in [-0.2, 0) is 0 Å². The fourth-order valence-electron chi connectivity index (χ4n) is 4.47. The molecule has 0 bridgehead atoms. The van der Waals surface area contributed by atoms with Crippen LogP contribution >= 0.6 is 0 Å². The smallest absolute Gasteiger partial charge is 0.195 e. The number of hydrogen-bond donors (Lipinski definition) is 0. The molecule has 0 aromatic heterocycles. The second-order valence-corrected chi connectivity index (χ2v) is 17.1. The Morgan fingerprint density at radius 2 is 1.41 bits per heavy atom. The molecule has 0 amide bonds. The number of nitrogens with zero attached hydrogens (tertiary/aromatic N) is 1. The molecule has 0 fully saturated rings. The predicted octanol–water partition coefficient (Wildman–Crippen LogP) is 5.85. The van der Waals surface area contributed by atoms with Crippen molar-refractivity contribution in [3.05, 3.63) is 84.1 Å². The van der Waals surface area contributed by atoms with Gasteiger partial charge in [-0.3, -0.25) is 0 Å². The van der Waals surface area contributed by atoms with Gasteiger partial charge in [-0.15, -0.1) is 0 Å². The quantitative estimate of drug-likeness (QED) is 0.345. The summed E-state index contributed by atoms with van der Waals surface area (Å²) in [6.07, 6.45) is 12.5. The summed E-state index contributed by atoms with van der Waals surface area (Å²) in [5, 5.41) is 3.07. The number of benzene rings is 2. The topological polar surface area (TPSA) is 3.24 Å². The van der Waals surface area contributed by atoms with Crippen LogP contribution in [0, 0.1) is 0 Å². The van der Waals surface area contributed by atoms with Gasteiger partial charge in [-0.25, -0.2) is 0 Å². The number of hydrogen-bond acceptors (Lipinski definition) is 1. The van der Waals surface area contributed by atoms with Crippen LogP contribution in [0.5, 0.6) is 0 Å². The lowest BCUT2D eigenvalue weighted by Crippen LogP contribution is -2.64. The van der Waals surface area contributed by atoms with Gasteiger partial charge in [0.1, 0.15) is 8.24 Å². The average molecular weight is 420 g/mol. The maximum Gasteiger partial charge on any atom is 0.195 e. The number of allylic oxidation sites excluding steroid dienone is 3. The first-order chi connectivity index (χ1) is 14.0. The third kappa shape index (κ3) is 5.61. The van der Waals surface area contributed by atoms with Crippen LogP contribution in [0.3, 0.4) is 0 Å². The summed E-state index contributed by atoms with van der Waals surface area (Å²) in [5.74, 6) is 0. The minimum absolute atomic E-state index is 1.11. The molecule has 2 aromatic carbocycles. The van der Waals surface area contributed by atoms with Gasteiger partial charge in [0, 0.05) is 12.1 Å². The zero-order valence-electron chi connectivity index (χ0n) is 18.7. The molecule has 0 radical (unpaired) electrons. The molecule has 1 aliphatic rings. The van der Waals surface area contributed by atoms with Crippen molar-refractivity contribution in [3.8, 4) is 0 Å². The Morgan fingerprint density at radius 1 is 0.828 bits per heavy atom. The Balaban J connectivity index is 2.03. The Morgan fingerprint density at radius 3 is 1.93 bits per heavy atom. The molecule has 0 saturated heterocycles. The lowest BCUT2D eigenvalue weighted by molar-refractivity contribution is 0.658. The second-order valence-electron chi connectivity index (χ2n) is 9.15. The van der Waals surface area contributed by atoms with Crippen LogP contribution in [0.4, 0.5) is 0 Å². The van der Waals surface area contributed by atoms with E-state index in [-0.39, 0.29) is 0 Å². The molecule has 1 nitrogen and oxygen atoms in total. The van der Waals surface area contributed by atoms with Crippen molar-refractivity contribution in [2.75, 3.05) is 0 Å². The normalized spacial score (nSPS) is 14.1. The Kier molecular flexibility index (Phi) is 7.73. The van der Waals surface area contributed by atoms with E-state index in [0.717, 1.165) is 6.42 Å². The molecule has 0 N–H and O–H groups in total. The van der Waals surface area contributed by atoms with Crippen LogP contribution in [0.1, 0.15) is 45.4 Å². The van der Waals surface area contributed by atoms with Gasteiger partial charge in [-0.2, -0.15) is 0 Å². The van der Waals surface area contributed by atoms with Crippen LogP contribution in [0.25, 0.3) is 0 Å². The molecule has 0 spiro atoms. The van der Waals surface area contributed by atoms with Gasteiger partial charge in [0.2, 0.25) is 0 Å². The molecule has 3 rings (SSSR count). The molecule has 29 heavy (non-hydrogen) atoms. The zero-order valence-corrected chi connectivity index (χ0v) is 20.9. The predicted molar refractivity (Wildman–Crippen MR) is 134 cm³/mol. The van der Waals surface area contributed by atoms with Crippen LogP contribution in [-0.4, -0.2) is 21.4 Å². The third-order valence-electron chi connectivity index (χ3n) is 5.80. The summed E-state index contributed by atoms with van der Waals surface area (Å²) in [6, 6.07) is 22.6. The monoisotopic (exact) mass is 419 g/mol. The van der Waals surface area contributed by atoms with Crippen LogP contribution < -0.4 is 10.4 Å². The SMILES string of the molecule is CCCCCCC1=C(N([SiH](c2ccccc2)c2ccccc2)[Si](C)(C)C)CC=C1. The summed E-state index contributed by atoms with van der Waals surface area (Å²) >= 11 is 0. The minimum atomic E-state index is -1.58. The summed E-state index contributed by atoms with van der Waals surface area (Å²) in [7, 11) is -3.11. The van der Waals surface area contributed by atoms with Gasteiger partial charge < -0.3 is 4.23 Å². The Labute approximate surface area is 180 Å². The van der Waals surface area contributed by atoms with E-state index in [2.05, 4.69) is 104 Å². The maximum atomic E-state index is 2.97. The zero-order chi connectivity index (χ0) is 20.7. The molecule has 0 aliphatic heterocycles. The molecule has 1 aliphatic carbocycles. The van der Waals surface area contributed by atoms with Crippen molar-refractivity contribution in [1.82, 2.24) is 4.23 Å². The first-order valence-corrected chi connectivity index (χ1v) is 16.4. The lowest BCUT2D eigenvalue weighted by atomic mass is 10.1. The van der Waals surface area contributed by atoms with Gasteiger partial charge in [0.05, 0.1) is 0 Å². The van der Waals surface area contributed by atoms with Gasteiger partial charge in [-0.1, -0.05) is 119 Å². The molecule has 2 aromatic rings. The summed E-state index contributed by atoms with van der Waals surface area (Å²) in [6.45, 7) is 9.87. The standard InChI is InChI=1S/C26H37NSi2/c1-5-6-7-10-16-23-17-15-22-26(23)27(29(2,3)4)28(24-18-11-8-12-19-24)25-20-13-9-14-21-25/h8-9,11-15,17-21,28H,5-7,10,16,22H2,1-4H3. The van der Waals surface area contributed by atoms with Crippen molar-refractivity contribution in [2.24, 2.45) is 0 Å². The van der Waals surface area contributed by atoms with E-state index in [1.807, 2.05) is 0 Å². The largest absolute Gasteiger partial charge is 0.423 e. The molecule has 0 unspecified atom stereocenters. The Bertz CT molecular complexity index is 779. The van der Waals surface area contributed by atoms with Gasteiger partial charge >= 0.3 is 0 Å². The van der Waals surface area contributed by atoms with Gasteiger partial charge in [0.15, 0.2) is 8.96 Å². The average Bonchev–Trinajstić information content (AvgIpc) is 3.17. The highest BCUT2D eigenvalue weighted by atomic mass is 28.4. The van der Waals surface area contributed by atoms with Gasteiger partial charge in [-0.05, 0) is 28.8 Å². The fraction of sp³-hybridized carbons (Fsp3) is 0.385. The van der Waals surface area contributed by atoms with E-state index >= 15 is 0 Å². The molecule has 154 valence electrons. The maximum absolute atomic E-state index is 2.97. The highest BCUT2D eigenvalue weighted by Gasteiger charge is 2.36. The summed E-state index contributed by atoms with van der Waals surface area (Å²) in [5.41, 5.74) is 3.23. The molecule has 0 saturated carbocycles. The first kappa shape index (κ1) is 21.9. The highest BCUT2D eigenvalue weighted by molar-refractivity contribution is 6.94. The second kappa shape index (κ2) is 10.3. The van der Waals surface area contributed by atoms with Crippen molar-refractivity contribution in [2.45, 2.75) is 65.1 Å². The lowest BCUT2D eigenvalue weighted by Gasteiger charge is -2.44. The molecular weight excluding hydrogens is 382 g/mol. The number of unbranched alkanes of at least 4 members (excludes halogenated alkanes) is 3. The minimum Gasteiger partial charge on any atom is -0.423 e. The van der Waals surface area contributed by atoms with E-state index < -0.39 is 17.2 Å². The molecule has 0 atom stereocenters. The van der Waals surface area contributed by atoms with E-state index in [1.54, 1.807) is 11.3 Å². The van der Waals surface area contributed by atoms with Crippen molar-refractivity contribution in [3.63, 3.8) is 0 Å². The first-order valence-electron chi connectivity index (χ1n) is 11.3. The summed E-state index contributed by atoms with van der Waals surface area (Å²) in [4.78, 5) is 0. The van der Waals surface area contributed by atoms with E-state index in [0.29, 0.717) is 0 Å². The van der Waals surface area contributed by atoms with E-state index in [9.17, 15) is 0 Å². The fourth-order valence-corrected chi connectivity index (χ4v) is 12.2. The number of rotatable bonds is 10. The highest BCUT2D eigenvalue weighted by Crippen LogP contribution is 2.31. The van der Waals surface area contributed by atoms with Crippen molar-refractivity contribution >= 4 is 27.6 Å². The third-order valence-corrected chi connectivity index (χ3v) is 13.5. The van der Waals surface area contributed by atoms with Crippen LogP contribution in [0.2, 0.25) is 19.6 Å². The van der Waals surface area contributed by atoms with E-state index in [1.165, 1.54) is 42.5 Å². The van der Waals surface area contributed by atoms with Gasteiger partial charge in [0.25, 0.3) is 0 Å². The molecule has 0 heterocycles. The molecule has 3 heteroatoms. The Hall–Kier alpha value is -1.85.